The molecule has 3 rings (SSSR count). The fraction of sp³-hybridized carbons (Fsp3) is 0.745. The first kappa shape index (κ1) is 52.1. The van der Waals surface area contributed by atoms with Crippen molar-refractivity contribution in [3.8, 4) is 0 Å². The van der Waals surface area contributed by atoms with Gasteiger partial charge >= 0.3 is 11.9 Å². The van der Waals surface area contributed by atoms with Crippen LogP contribution in [-0.2, 0) is 57.1 Å². The number of amides is 1. The number of rotatable bonds is 17. The van der Waals surface area contributed by atoms with Crippen LogP contribution in [0.4, 0.5) is 0 Å². The standard InChI is InChI=1S/C47H75NO13/c1-29-16-19-36(54-9)24-37-14-13-15-38(60-37)25-41(56-11)47(27-58-47)42(57-12)26-40(55-10)33(5)46(61-43(52)21-17-29)34(6)44(53)30(2)18-20-39(51)32(4)45(59-35(7)50)31(3)22-23-48(8)28-49/h13-14,16-17,21-23,28,30-34,36-38,40-42,44-46,53H,15,18-20,24-27H2,1-12H3/b21-17+,23-22+,29-16?/t30-,31+,32-,33-,34-,36-,37-,38-,40+,41-,42-,44-,45+,46-,47-/m0/s1. The zero-order valence-electron chi connectivity index (χ0n) is 38.7. The Morgan fingerprint density at radius 2 is 1.67 bits per heavy atom. The number of aliphatic hydroxyl groups is 1. The highest BCUT2D eigenvalue weighted by atomic mass is 16.6. The van der Waals surface area contributed by atoms with E-state index in [9.17, 15) is 24.3 Å². The molecule has 1 fully saturated rings. The predicted molar refractivity (Wildman–Crippen MR) is 230 cm³/mol. The van der Waals surface area contributed by atoms with Crippen LogP contribution in [0.5, 0.6) is 0 Å². The van der Waals surface area contributed by atoms with Crippen LogP contribution in [0.25, 0.3) is 0 Å². The molecule has 0 radical (unpaired) electrons. The van der Waals surface area contributed by atoms with E-state index in [4.69, 9.17) is 37.9 Å². The molecule has 1 N–H and O–H groups in total. The van der Waals surface area contributed by atoms with E-state index >= 15 is 0 Å². The minimum Gasteiger partial charge on any atom is -0.461 e. The number of allylic oxidation sites excluding steroid dienone is 2. The van der Waals surface area contributed by atoms with Gasteiger partial charge in [0, 0.05) is 98.1 Å². The molecule has 1 spiro atoms. The Balaban J connectivity index is 1.89. The highest BCUT2D eigenvalue weighted by Gasteiger charge is 2.59. The van der Waals surface area contributed by atoms with Crippen molar-refractivity contribution in [2.45, 2.75) is 154 Å². The lowest BCUT2D eigenvalue weighted by molar-refractivity contribution is -0.159. The Labute approximate surface area is 364 Å². The maximum Gasteiger partial charge on any atom is 0.331 e. The van der Waals surface area contributed by atoms with Crippen molar-refractivity contribution in [1.82, 2.24) is 4.90 Å². The molecule has 61 heavy (non-hydrogen) atoms. The van der Waals surface area contributed by atoms with E-state index in [1.165, 1.54) is 17.9 Å². The minimum atomic E-state index is -0.976. The molecule has 14 nitrogen and oxygen atoms in total. The Bertz CT molecular complexity index is 1520. The van der Waals surface area contributed by atoms with Crippen molar-refractivity contribution in [3.63, 3.8) is 0 Å². The smallest absolute Gasteiger partial charge is 0.331 e. The third kappa shape index (κ3) is 15.2. The Kier molecular flexibility index (Phi) is 21.5. The number of nitrogens with zero attached hydrogens (tertiary/aromatic N) is 1. The second kappa shape index (κ2) is 25.2. The number of epoxide rings is 1. The number of Topliss-reactive ketones (excluding diaryl/α,β-unsaturated/α-hetero) is 1. The summed E-state index contributed by atoms with van der Waals surface area (Å²) in [5.74, 6) is -3.60. The molecule has 0 aromatic rings. The first-order valence-electron chi connectivity index (χ1n) is 21.8. The van der Waals surface area contributed by atoms with Gasteiger partial charge in [-0.2, -0.15) is 0 Å². The van der Waals surface area contributed by atoms with E-state index < -0.39 is 65.8 Å². The van der Waals surface area contributed by atoms with Gasteiger partial charge in [-0.25, -0.2) is 4.79 Å². The molecule has 346 valence electrons. The molecule has 1 amide bonds. The molecule has 0 unspecified atom stereocenters. The molecule has 15 atom stereocenters. The molecule has 3 aliphatic heterocycles. The van der Waals surface area contributed by atoms with Gasteiger partial charge in [0.25, 0.3) is 0 Å². The van der Waals surface area contributed by atoms with Crippen LogP contribution in [-0.4, -0.2) is 137 Å². The van der Waals surface area contributed by atoms with Crippen LogP contribution in [0, 0.1) is 29.6 Å². The average molecular weight is 862 g/mol. The van der Waals surface area contributed by atoms with Gasteiger partial charge in [-0.1, -0.05) is 70.6 Å². The number of carbonyl (C=O) groups is 4. The zero-order chi connectivity index (χ0) is 45.4. The zero-order valence-corrected chi connectivity index (χ0v) is 38.7. The molecule has 14 heteroatoms. The first-order chi connectivity index (χ1) is 28.9. The summed E-state index contributed by atoms with van der Waals surface area (Å²) < 4.78 is 48.8. The first-order valence-corrected chi connectivity index (χ1v) is 21.8. The second-order valence-electron chi connectivity index (χ2n) is 17.4. The molecule has 0 aromatic heterocycles. The largest absolute Gasteiger partial charge is 0.461 e. The lowest BCUT2D eigenvalue weighted by Crippen LogP contribution is -2.50. The van der Waals surface area contributed by atoms with Crippen LogP contribution in [0.1, 0.15) is 93.4 Å². The Morgan fingerprint density at radius 3 is 2.26 bits per heavy atom. The summed E-state index contributed by atoms with van der Waals surface area (Å²) in [5.41, 5.74) is 0.117. The quantitative estimate of drug-likeness (QED) is 0.0790. The number of hydrogen-bond acceptors (Lipinski definition) is 13. The van der Waals surface area contributed by atoms with E-state index in [-0.39, 0.29) is 48.5 Å². The average Bonchev–Trinajstić information content (AvgIpc) is 4.06. The number of ketones is 1. The van der Waals surface area contributed by atoms with Gasteiger partial charge in [0.15, 0.2) is 0 Å². The van der Waals surface area contributed by atoms with Gasteiger partial charge < -0.3 is 47.9 Å². The lowest BCUT2D eigenvalue weighted by atomic mass is 9.78. The Morgan fingerprint density at radius 1 is 1.00 bits per heavy atom. The van der Waals surface area contributed by atoms with Crippen LogP contribution in [0.2, 0.25) is 0 Å². The molecule has 3 aliphatic rings. The number of cyclic esters (lactones) is 1. The van der Waals surface area contributed by atoms with E-state index in [2.05, 4.69) is 12.2 Å². The molecule has 1 saturated heterocycles. The van der Waals surface area contributed by atoms with Gasteiger partial charge in [0.1, 0.15) is 23.6 Å². The lowest BCUT2D eigenvalue weighted by Gasteiger charge is -2.39. The van der Waals surface area contributed by atoms with Gasteiger partial charge in [0.05, 0.1) is 55.3 Å². The molecule has 2 bridgehead atoms. The number of hydrogen-bond donors (Lipinski definition) is 1. The fourth-order valence-electron chi connectivity index (χ4n) is 8.79. The highest BCUT2D eigenvalue weighted by Crippen LogP contribution is 2.43. The summed E-state index contributed by atoms with van der Waals surface area (Å²) in [5, 5.41) is 11.9. The number of esters is 2. The number of fused-ring (bicyclic) bond motifs is 2. The minimum absolute atomic E-state index is 0.0943. The van der Waals surface area contributed by atoms with E-state index in [0.717, 1.165) is 12.0 Å². The fourth-order valence-corrected chi connectivity index (χ4v) is 8.79. The summed E-state index contributed by atoms with van der Waals surface area (Å²) in [6.07, 6.45) is 12.6. The number of aliphatic hydroxyl groups excluding tert-OH is 1. The van der Waals surface area contributed by atoms with Crippen molar-refractivity contribution in [2.75, 3.05) is 42.1 Å². The maximum absolute atomic E-state index is 13.6. The van der Waals surface area contributed by atoms with E-state index in [1.54, 1.807) is 60.8 Å². The molecule has 0 aliphatic carbocycles. The Hall–Kier alpha value is -3.24. The second-order valence-corrected chi connectivity index (χ2v) is 17.4. The van der Waals surface area contributed by atoms with E-state index in [1.807, 2.05) is 40.7 Å². The van der Waals surface area contributed by atoms with Crippen molar-refractivity contribution in [2.24, 2.45) is 29.6 Å². The molecular weight excluding hydrogens is 787 g/mol. The summed E-state index contributed by atoms with van der Waals surface area (Å²) in [6, 6.07) is 0. The summed E-state index contributed by atoms with van der Waals surface area (Å²) in [7, 11) is 8.20. The maximum atomic E-state index is 13.6. The van der Waals surface area contributed by atoms with Gasteiger partial charge in [-0.3, -0.25) is 14.4 Å². The van der Waals surface area contributed by atoms with Gasteiger partial charge in [-0.15, -0.1) is 0 Å². The predicted octanol–water partition coefficient (Wildman–Crippen LogP) is 5.94. The molecular formula is C47H75NO13. The SMILES string of the molecule is CO[C@H]1CC=C(C)/C=C/C(=O)O[C@H]([C@@H](C)[C@@H](O)[C@@H](C)CCC(=O)[C@H](C)[C@H](OC(C)=O)[C@H](C)/C=C/N(C)C=O)[C@@H](C)[C@H](OC)C[C@H](OC)[C@]2(CO2)[C@@H](OC)C[C@@H]2CC=C[C@@H](C1)O2. The highest BCUT2D eigenvalue weighted by molar-refractivity contribution is 5.83. The molecule has 0 aromatic carbocycles. The van der Waals surface area contributed by atoms with Crippen LogP contribution >= 0.6 is 0 Å². The number of carbonyl (C=O) groups excluding carboxylic acids is 4. The van der Waals surface area contributed by atoms with Crippen LogP contribution in [0.3, 0.4) is 0 Å². The van der Waals surface area contributed by atoms with Crippen molar-refractivity contribution < 1.29 is 62.2 Å². The normalized spacial score (nSPS) is 32.7. The van der Waals surface area contributed by atoms with Crippen LogP contribution in [0.15, 0.2) is 48.2 Å². The molecule has 0 saturated carbocycles. The third-order valence-corrected chi connectivity index (χ3v) is 12.9. The van der Waals surface area contributed by atoms with E-state index in [0.29, 0.717) is 45.1 Å². The van der Waals surface area contributed by atoms with Crippen molar-refractivity contribution in [3.05, 3.63) is 48.2 Å². The summed E-state index contributed by atoms with van der Waals surface area (Å²) >= 11 is 0. The number of methoxy groups -OCH3 is 4. The summed E-state index contributed by atoms with van der Waals surface area (Å²) in [4.78, 5) is 51.7. The van der Waals surface area contributed by atoms with Gasteiger partial charge in [0.2, 0.25) is 6.41 Å². The monoisotopic (exact) mass is 862 g/mol. The topological polar surface area (TPSA) is 169 Å². The summed E-state index contributed by atoms with van der Waals surface area (Å²) in [6.45, 7) is 12.8. The van der Waals surface area contributed by atoms with Crippen LogP contribution < -0.4 is 0 Å². The van der Waals surface area contributed by atoms with Gasteiger partial charge in [-0.05, 0) is 32.1 Å². The molecule has 3 heterocycles. The van der Waals surface area contributed by atoms with Crippen molar-refractivity contribution >= 4 is 24.1 Å². The number of ether oxygens (including phenoxy) is 8. The third-order valence-electron chi connectivity index (χ3n) is 12.9. The van der Waals surface area contributed by atoms with Crippen molar-refractivity contribution in [1.29, 1.82) is 0 Å².